The largest absolute Gasteiger partial charge is 0.383 e. The highest BCUT2D eigenvalue weighted by Crippen LogP contribution is 1.91. The first kappa shape index (κ1) is 14.2. The second-order valence-corrected chi connectivity index (χ2v) is 3.40. The van der Waals surface area contributed by atoms with Crippen molar-refractivity contribution in [1.82, 2.24) is 10.6 Å². The molecule has 0 aromatic heterocycles. The molecule has 0 aromatic rings. The maximum Gasteiger partial charge on any atom is 0.321 e. The van der Waals surface area contributed by atoms with Crippen LogP contribution in [0.1, 0.15) is 19.8 Å². The minimum Gasteiger partial charge on any atom is -0.383 e. The van der Waals surface area contributed by atoms with E-state index in [0.29, 0.717) is 6.61 Å². The normalized spacial score (nSPS) is 11.9. The molecular formula is C9H17ClN2O3. The van der Waals surface area contributed by atoms with Gasteiger partial charge >= 0.3 is 6.03 Å². The minimum absolute atomic E-state index is 0.0844. The number of nitrogens with one attached hydrogen (secondary N) is 2. The number of hydrogen-bond acceptors (Lipinski definition) is 3. The van der Waals surface area contributed by atoms with Crippen LogP contribution in [0.2, 0.25) is 0 Å². The Morgan fingerprint density at radius 1 is 1.47 bits per heavy atom. The quantitative estimate of drug-likeness (QED) is 0.673. The van der Waals surface area contributed by atoms with Gasteiger partial charge in [0.2, 0.25) is 5.91 Å². The molecule has 0 heterocycles. The third-order valence-corrected chi connectivity index (χ3v) is 1.96. The van der Waals surface area contributed by atoms with Crippen LogP contribution in [0.5, 0.6) is 0 Å². The zero-order valence-corrected chi connectivity index (χ0v) is 9.76. The Bertz CT molecular complexity index is 212. The van der Waals surface area contributed by atoms with Crippen molar-refractivity contribution in [3.63, 3.8) is 0 Å². The van der Waals surface area contributed by atoms with Gasteiger partial charge in [0.1, 0.15) is 0 Å². The van der Waals surface area contributed by atoms with Gasteiger partial charge in [0.25, 0.3) is 0 Å². The molecule has 0 spiro atoms. The number of carbonyl (C=O) groups is 2. The van der Waals surface area contributed by atoms with Gasteiger partial charge in [0, 0.05) is 19.4 Å². The Hall–Kier alpha value is -0.810. The topological polar surface area (TPSA) is 67.4 Å². The summed E-state index contributed by atoms with van der Waals surface area (Å²) in [6.07, 6.45) is 0.876. The number of halogens is 1. The van der Waals surface area contributed by atoms with Crippen LogP contribution in [-0.2, 0) is 9.53 Å². The molecule has 0 fully saturated rings. The van der Waals surface area contributed by atoms with Crippen LogP contribution in [-0.4, -0.2) is 37.6 Å². The molecule has 1 unspecified atom stereocenters. The van der Waals surface area contributed by atoms with Crippen molar-refractivity contribution >= 4 is 23.5 Å². The minimum atomic E-state index is -0.506. The fourth-order valence-corrected chi connectivity index (χ4v) is 1.13. The predicted molar refractivity (Wildman–Crippen MR) is 58.0 cm³/mol. The van der Waals surface area contributed by atoms with Crippen molar-refractivity contribution in [3.05, 3.63) is 0 Å². The first-order valence-corrected chi connectivity index (χ1v) is 5.32. The van der Waals surface area contributed by atoms with Crippen molar-refractivity contribution < 1.29 is 14.3 Å². The van der Waals surface area contributed by atoms with Crippen LogP contribution < -0.4 is 10.6 Å². The Morgan fingerprint density at radius 2 is 2.13 bits per heavy atom. The molecule has 88 valence electrons. The lowest BCUT2D eigenvalue weighted by Crippen LogP contribution is -2.46. The van der Waals surface area contributed by atoms with Gasteiger partial charge in [0.15, 0.2) is 0 Å². The maximum absolute atomic E-state index is 11.2. The van der Waals surface area contributed by atoms with Gasteiger partial charge in [-0.3, -0.25) is 10.1 Å². The van der Waals surface area contributed by atoms with Crippen LogP contribution in [0.25, 0.3) is 0 Å². The summed E-state index contributed by atoms with van der Waals surface area (Å²) >= 11 is 5.35. The van der Waals surface area contributed by atoms with E-state index < -0.39 is 6.03 Å². The van der Waals surface area contributed by atoms with Crippen molar-refractivity contribution in [3.8, 4) is 0 Å². The van der Waals surface area contributed by atoms with Gasteiger partial charge in [-0.05, 0) is 6.42 Å². The van der Waals surface area contributed by atoms with E-state index in [9.17, 15) is 9.59 Å². The van der Waals surface area contributed by atoms with E-state index in [-0.39, 0.29) is 24.2 Å². The number of ether oxygens (including phenoxy) is 1. The third kappa shape index (κ3) is 7.16. The molecule has 0 aliphatic heterocycles. The van der Waals surface area contributed by atoms with Crippen LogP contribution in [0.4, 0.5) is 4.79 Å². The number of rotatable bonds is 6. The molecule has 15 heavy (non-hydrogen) atoms. The molecule has 3 amide bonds. The zero-order chi connectivity index (χ0) is 11.7. The van der Waals surface area contributed by atoms with E-state index >= 15 is 0 Å². The highest BCUT2D eigenvalue weighted by molar-refractivity contribution is 6.19. The number of hydrogen-bond donors (Lipinski definition) is 2. The molecule has 0 aromatic carbocycles. The Morgan fingerprint density at radius 3 is 2.60 bits per heavy atom. The molecule has 0 aliphatic rings. The molecule has 0 saturated carbocycles. The van der Waals surface area contributed by atoms with Crippen molar-refractivity contribution in [2.75, 3.05) is 19.6 Å². The summed E-state index contributed by atoms with van der Waals surface area (Å²) in [5.41, 5.74) is 0. The molecule has 0 bridgehead atoms. The fraction of sp³-hybridized carbons (Fsp3) is 0.778. The highest BCUT2D eigenvalue weighted by atomic mass is 35.5. The average Bonchev–Trinajstić information content (AvgIpc) is 2.17. The van der Waals surface area contributed by atoms with Gasteiger partial charge in [-0.2, -0.15) is 0 Å². The van der Waals surface area contributed by atoms with Crippen LogP contribution in [0, 0.1) is 0 Å². The lowest BCUT2D eigenvalue weighted by Gasteiger charge is -2.15. The van der Waals surface area contributed by atoms with E-state index in [2.05, 4.69) is 10.6 Å². The standard InChI is InChI=1S/C9H17ClN2O3/c1-3-7(6-15-2)11-9(14)12-8(13)4-5-10/h7H,3-6H2,1-2H3,(H2,11,12,13,14). The van der Waals surface area contributed by atoms with Crippen LogP contribution in [0.3, 0.4) is 0 Å². The number of methoxy groups -OCH3 is 1. The Kier molecular flexibility index (Phi) is 8.04. The molecule has 6 heteroatoms. The highest BCUT2D eigenvalue weighted by Gasteiger charge is 2.11. The van der Waals surface area contributed by atoms with Gasteiger partial charge in [-0.1, -0.05) is 6.92 Å². The van der Waals surface area contributed by atoms with E-state index in [0.717, 1.165) is 6.42 Å². The monoisotopic (exact) mass is 236 g/mol. The van der Waals surface area contributed by atoms with E-state index in [1.807, 2.05) is 6.92 Å². The van der Waals surface area contributed by atoms with E-state index in [4.69, 9.17) is 16.3 Å². The molecule has 2 N–H and O–H groups in total. The number of alkyl halides is 1. The summed E-state index contributed by atoms with van der Waals surface area (Å²) in [7, 11) is 1.56. The van der Waals surface area contributed by atoms with Gasteiger partial charge < -0.3 is 10.1 Å². The summed E-state index contributed by atoms with van der Waals surface area (Å²) in [4.78, 5) is 22.2. The van der Waals surface area contributed by atoms with Gasteiger partial charge in [-0.25, -0.2) is 4.79 Å². The fourth-order valence-electron chi connectivity index (χ4n) is 0.959. The van der Waals surface area contributed by atoms with Crippen LogP contribution in [0.15, 0.2) is 0 Å². The summed E-state index contributed by atoms with van der Waals surface area (Å²) in [6, 6.07) is -0.590. The van der Waals surface area contributed by atoms with Crippen LogP contribution >= 0.6 is 11.6 Å². The lowest BCUT2D eigenvalue weighted by molar-refractivity contribution is -0.119. The molecular weight excluding hydrogens is 220 g/mol. The average molecular weight is 237 g/mol. The third-order valence-electron chi connectivity index (χ3n) is 1.77. The molecule has 5 nitrogen and oxygen atoms in total. The lowest BCUT2D eigenvalue weighted by atomic mass is 10.2. The van der Waals surface area contributed by atoms with Gasteiger partial charge in [-0.15, -0.1) is 11.6 Å². The maximum atomic E-state index is 11.2. The number of imide groups is 1. The SMILES string of the molecule is CCC(COC)NC(=O)NC(=O)CCCl. The number of carbonyl (C=O) groups excluding carboxylic acids is 2. The first-order valence-electron chi connectivity index (χ1n) is 4.79. The number of amides is 3. The summed E-state index contributed by atoms with van der Waals surface area (Å²) in [5.74, 6) is -0.177. The second-order valence-electron chi connectivity index (χ2n) is 3.02. The summed E-state index contributed by atoms with van der Waals surface area (Å²) < 4.78 is 4.90. The van der Waals surface area contributed by atoms with Crippen molar-refractivity contribution in [1.29, 1.82) is 0 Å². The Balaban J connectivity index is 3.84. The molecule has 0 saturated heterocycles. The van der Waals surface area contributed by atoms with Crippen molar-refractivity contribution in [2.24, 2.45) is 0 Å². The van der Waals surface area contributed by atoms with Gasteiger partial charge in [0.05, 0.1) is 12.6 Å². The summed E-state index contributed by atoms with van der Waals surface area (Å²) in [6.45, 7) is 2.35. The smallest absolute Gasteiger partial charge is 0.321 e. The first-order chi connectivity index (χ1) is 7.13. The summed E-state index contributed by atoms with van der Waals surface area (Å²) in [5, 5.41) is 4.79. The van der Waals surface area contributed by atoms with E-state index in [1.54, 1.807) is 7.11 Å². The second kappa shape index (κ2) is 8.49. The zero-order valence-electron chi connectivity index (χ0n) is 9.01. The number of urea groups is 1. The molecule has 1 atom stereocenters. The van der Waals surface area contributed by atoms with Crippen molar-refractivity contribution in [2.45, 2.75) is 25.8 Å². The molecule has 0 radical (unpaired) electrons. The Labute approximate surface area is 94.5 Å². The molecule has 0 aliphatic carbocycles. The molecule has 0 rings (SSSR count). The van der Waals surface area contributed by atoms with E-state index in [1.165, 1.54) is 0 Å². The predicted octanol–water partition coefficient (Wildman–Crippen LogP) is 0.866.